The van der Waals surface area contributed by atoms with Gasteiger partial charge in [-0.1, -0.05) is 51.1 Å². The molecule has 0 N–H and O–H groups in total. The second-order valence-electron chi connectivity index (χ2n) is 7.41. The molecular formula is C17H28N+. The van der Waals surface area contributed by atoms with Crippen molar-refractivity contribution in [2.75, 3.05) is 20.1 Å². The van der Waals surface area contributed by atoms with Crippen LogP contribution in [0, 0.1) is 11.3 Å². The summed E-state index contributed by atoms with van der Waals surface area (Å²) < 4.78 is 1.20. The Kier molecular flexibility index (Phi) is 3.82. The molecule has 0 aliphatic carbocycles. The molecule has 2 rings (SSSR count). The van der Waals surface area contributed by atoms with Crippen LogP contribution in [0.4, 0.5) is 0 Å². The predicted molar refractivity (Wildman–Crippen MR) is 78.2 cm³/mol. The van der Waals surface area contributed by atoms with Crippen molar-refractivity contribution in [2.24, 2.45) is 11.3 Å². The van der Waals surface area contributed by atoms with E-state index in [2.05, 4.69) is 58.2 Å². The van der Waals surface area contributed by atoms with Crippen LogP contribution in [0.2, 0.25) is 0 Å². The van der Waals surface area contributed by atoms with E-state index in [4.69, 9.17) is 0 Å². The molecule has 1 aliphatic rings. The van der Waals surface area contributed by atoms with Crippen LogP contribution in [0.3, 0.4) is 0 Å². The molecule has 1 heteroatoms. The average molecular weight is 246 g/mol. The van der Waals surface area contributed by atoms with Crippen LogP contribution in [0.5, 0.6) is 0 Å². The van der Waals surface area contributed by atoms with Gasteiger partial charge in [-0.15, -0.1) is 0 Å². The van der Waals surface area contributed by atoms with E-state index in [1.807, 2.05) is 0 Å². The second-order valence-corrected chi connectivity index (χ2v) is 7.41. The van der Waals surface area contributed by atoms with Gasteiger partial charge < -0.3 is 4.48 Å². The zero-order valence-electron chi connectivity index (χ0n) is 12.4. The molecule has 1 nitrogen and oxygen atoms in total. The first-order valence-corrected chi connectivity index (χ1v) is 7.26. The maximum absolute atomic E-state index is 2.44. The van der Waals surface area contributed by atoms with E-state index in [-0.39, 0.29) is 0 Å². The Morgan fingerprint density at radius 2 is 1.89 bits per heavy atom. The lowest BCUT2D eigenvalue weighted by Gasteiger charge is -2.38. The summed E-state index contributed by atoms with van der Waals surface area (Å²) in [5.74, 6) is 0.871. The SMILES string of the molecule is CC1CC[N+](C)(Cc2ccccc2)CC(C)(C)C1. The molecule has 1 aromatic rings. The average Bonchev–Trinajstić information content (AvgIpc) is 2.35. The highest BCUT2D eigenvalue weighted by Gasteiger charge is 2.36. The quantitative estimate of drug-likeness (QED) is 0.690. The van der Waals surface area contributed by atoms with Gasteiger partial charge in [-0.25, -0.2) is 0 Å². The van der Waals surface area contributed by atoms with Crippen molar-refractivity contribution in [2.45, 2.75) is 40.2 Å². The van der Waals surface area contributed by atoms with Crippen LogP contribution in [0.25, 0.3) is 0 Å². The van der Waals surface area contributed by atoms with Crippen molar-refractivity contribution in [1.82, 2.24) is 0 Å². The largest absolute Gasteiger partial charge is 0.322 e. The van der Waals surface area contributed by atoms with E-state index in [1.165, 1.54) is 42.5 Å². The normalized spacial score (nSPS) is 31.9. The van der Waals surface area contributed by atoms with Gasteiger partial charge in [0.05, 0.1) is 20.1 Å². The van der Waals surface area contributed by atoms with Crippen LogP contribution in [0.1, 0.15) is 39.2 Å². The lowest BCUT2D eigenvalue weighted by atomic mass is 9.83. The fraction of sp³-hybridized carbons (Fsp3) is 0.647. The van der Waals surface area contributed by atoms with Gasteiger partial charge in [0, 0.05) is 11.0 Å². The minimum Gasteiger partial charge on any atom is -0.322 e. The Hall–Kier alpha value is -0.820. The third-order valence-electron chi connectivity index (χ3n) is 4.28. The Bertz CT molecular complexity index is 382. The highest BCUT2D eigenvalue weighted by atomic mass is 15.3. The van der Waals surface area contributed by atoms with Gasteiger partial charge in [-0.2, -0.15) is 0 Å². The molecular weight excluding hydrogens is 218 g/mol. The molecule has 1 aliphatic heterocycles. The maximum Gasteiger partial charge on any atom is 0.104 e. The molecule has 0 radical (unpaired) electrons. The third kappa shape index (κ3) is 3.58. The molecule has 18 heavy (non-hydrogen) atoms. The molecule has 0 spiro atoms. The Balaban J connectivity index is 2.14. The monoisotopic (exact) mass is 246 g/mol. The molecule has 2 unspecified atom stereocenters. The van der Waals surface area contributed by atoms with Gasteiger partial charge in [0.1, 0.15) is 6.54 Å². The van der Waals surface area contributed by atoms with E-state index < -0.39 is 0 Å². The molecule has 1 fully saturated rings. The van der Waals surface area contributed by atoms with Crippen LogP contribution in [-0.2, 0) is 6.54 Å². The Morgan fingerprint density at radius 1 is 1.22 bits per heavy atom. The third-order valence-corrected chi connectivity index (χ3v) is 4.28. The van der Waals surface area contributed by atoms with Crippen molar-refractivity contribution < 1.29 is 4.48 Å². The summed E-state index contributed by atoms with van der Waals surface area (Å²) >= 11 is 0. The van der Waals surface area contributed by atoms with Gasteiger partial charge in [-0.05, 0) is 18.8 Å². The topological polar surface area (TPSA) is 0 Å². The molecule has 0 bridgehead atoms. The number of quaternary nitrogens is 1. The highest BCUT2D eigenvalue weighted by molar-refractivity contribution is 5.13. The zero-order chi connectivity index (χ0) is 13.2. The summed E-state index contributed by atoms with van der Waals surface area (Å²) in [5.41, 5.74) is 1.95. The number of likely N-dealkylation sites (tertiary alicyclic amines) is 1. The first-order valence-electron chi connectivity index (χ1n) is 7.26. The van der Waals surface area contributed by atoms with Crippen molar-refractivity contribution in [1.29, 1.82) is 0 Å². The number of rotatable bonds is 2. The van der Waals surface area contributed by atoms with Crippen molar-refractivity contribution in [3.8, 4) is 0 Å². The smallest absolute Gasteiger partial charge is 0.104 e. The number of nitrogens with zero attached hydrogens (tertiary/aromatic N) is 1. The van der Waals surface area contributed by atoms with Gasteiger partial charge >= 0.3 is 0 Å². The first-order chi connectivity index (χ1) is 8.39. The molecule has 1 heterocycles. The molecule has 0 aromatic heterocycles. The van der Waals surface area contributed by atoms with E-state index in [1.54, 1.807) is 0 Å². The molecule has 0 saturated carbocycles. The minimum absolute atomic E-state index is 0.472. The van der Waals surface area contributed by atoms with Gasteiger partial charge in [0.15, 0.2) is 0 Å². The molecule has 0 amide bonds. The van der Waals surface area contributed by atoms with Gasteiger partial charge in [0.25, 0.3) is 0 Å². The summed E-state index contributed by atoms with van der Waals surface area (Å²) in [6.07, 6.45) is 2.74. The summed E-state index contributed by atoms with van der Waals surface area (Å²) in [6.45, 7) is 11.1. The molecule has 2 atom stereocenters. The van der Waals surface area contributed by atoms with E-state index >= 15 is 0 Å². The van der Waals surface area contributed by atoms with Crippen LogP contribution in [-0.4, -0.2) is 24.6 Å². The minimum atomic E-state index is 0.472. The summed E-state index contributed by atoms with van der Waals surface area (Å²) in [5, 5.41) is 0. The standard InChI is InChI=1S/C17H28N/c1-15-10-11-18(4,14-17(2,3)12-15)13-16-8-6-5-7-9-16/h5-9,15H,10-14H2,1-4H3/q+1. The van der Waals surface area contributed by atoms with E-state index in [9.17, 15) is 0 Å². The van der Waals surface area contributed by atoms with Crippen molar-refractivity contribution in [3.05, 3.63) is 35.9 Å². The second kappa shape index (κ2) is 5.05. The molecule has 100 valence electrons. The van der Waals surface area contributed by atoms with Gasteiger partial charge in [-0.3, -0.25) is 0 Å². The lowest BCUT2D eigenvalue weighted by Crippen LogP contribution is -2.48. The Morgan fingerprint density at radius 3 is 2.56 bits per heavy atom. The van der Waals surface area contributed by atoms with Crippen molar-refractivity contribution >= 4 is 0 Å². The zero-order valence-corrected chi connectivity index (χ0v) is 12.4. The maximum atomic E-state index is 2.44. The van der Waals surface area contributed by atoms with E-state index in [0.717, 1.165) is 5.92 Å². The predicted octanol–water partition coefficient (Wildman–Crippen LogP) is 4.09. The summed E-state index contributed by atoms with van der Waals surface area (Å²) in [4.78, 5) is 0. The summed E-state index contributed by atoms with van der Waals surface area (Å²) in [6, 6.07) is 11.0. The number of hydrogen-bond acceptors (Lipinski definition) is 0. The Labute approximate surface area is 112 Å². The van der Waals surface area contributed by atoms with Crippen molar-refractivity contribution in [3.63, 3.8) is 0 Å². The fourth-order valence-corrected chi connectivity index (χ4v) is 3.91. The lowest BCUT2D eigenvalue weighted by molar-refractivity contribution is -0.927. The molecule has 1 aromatic carbocycles. The molecule has 1 saturated heterocycles. The highest BCUT2D eigenvalue weighted by Crippen LogP contribution is 2.35. The number of hydrogen-bond donors (Lipinski definition) is 0. The van der Waals surface area contributed by atoms with Gasteiger partial charge in [0.2, 0.25) is 0 Å². The van der Waals surface area contributed by atoms with Crippen LogP contribution >= 0.6 is 0 Å². The first kappa shape index (κ1) is 13.6. The fourth-order valence-electron chi connectivity index (χ4n) is 3.91. The number of benzene rings is 1. The van der Waals surface area contributed by atoms with Crippen LogP contribution < -0.4 is 0 Å². The van der Waals surface area contributed by atoms with Crippen LogP contribution in [0.15, 0.2) is 30.3 Å². The van der Waals surface area contributed by atoms with E-state index in [0.29, 0.717) is 5.41 Å². The summed E-state index contributed by atoms with van der Waals surface area (Å²) in [7, 11) is 2.44.